The van der Waals surface area contributed by atoms with Crippen LogP contribution in [0.4, 0.5) is 0 Å². The molecule has 0 aliphatic rings. The normalized spacial score (nSPS) is 14.6. The maximum absolute atomic E-state index is 12.1. The van der Waals surface area contributed by atoms with E-state index in [0.29, 0.717) is 22.9 Å². The van der Waals surface area contributed by atoms with Crippen LogP contribution in [0.2, 0.25) is 10.0 Å². The van der Waals surface area contributed by atoms with E-state index in [4.69, 9.17) is 23.2 Å². The summed E-state index contributed by atoms with van der Waals surface area (Å²) >= 11 is 12.3. The molecule has 0 aliphatic carbocycles. The Labute approximate surface area is 107 Å². The van der Waals surface area contributed by atoms with Crippen molar-refractivity contribution in [1.82, 2.24) is 0 Å². The standard InChI is InChI=1S/C13H16Cl2O/c1-4-11(16)13(3,5-2)12-9(14)7-6-8-10(12)15/h6-8H,4-5H2,1-3H3. The molecule has 1 nitrogen and oxygen atoms in total. The van der Waals surface area contributed by atoms with Crippen molar-refractivity contribution < 1.29 is 4.79 Å². The van der Waals surface area contributed by atoms with Gasteiger partial charge in [-0.05, 0) is 25.5 Å². The van der Waals surface area contributed by atoms with Gasteiger partial charge in [0.25, 0.3) is 0 Å². The van der Waals surface area contributed by atoms with Crippen LogP contribution in [-0.4, -0.2) is 5.78 Å². The van der Waals surface area contributed by atoms with Crippen LogP contribution in [0.1, 0.15) is 39.2 Å². The summed E-state index contributed by atoms with van der Waals surface area (Å²) < 4.78 is 0. The van der Waals surface area contributed by atoms with E-state index in [9.17, 15) is 4.79 Å². The van der Waals surface area contributed by atoms with E-state index in [2.05, 4.69) is 0 Å². The van der Waals surface area contributed by atoms with Gasteiger partial charge in [0, 0.05) is 22.0 Å². The summed E-state index contributed by atoms with van der Waals surface area (Å²) in [6, 6.07) is 5.35. The lowest BCUT2D eigenvalue weighted by molar-refractivity contribution is -0.123. The highest BCUT2D eigenvalue weighted by Gasteiger charge is 2.35. The van der Waals surface area contributed by atoms with Gasteiger partial charge >= 0.3 is 0 Å². The van der Waals surface area contributed by atoms with Crippen molar-refractivity contribution in [2.45, 2.75) is 39.0 Å². The summed E-state index contributed by atoms with van der Waals surface area (Å²) in [5.74, 6) is 0.171. The Morgan fingerprint density at radius 1 is 1.25 bits per heavy atom. The SMILES string of the molecule is CCC(=O)C(C)(CC)c1c(Cl)cccc1Cl. The first kappa shape index (κ1) is 13.5. The summed E-state index contributed by atoms with van der Waals surface area (Å²) in [7, 11) is 0. The number of carbonyl (C=O) groups excluding carboxylic acids is 1. The first-order valence-corrected chi connectivity index (χ1v) is 6.20. The Hall–Kier alpha value is -0.530. The van der Waals surface area contributed by atoms with Gasteiger partial charge in [-0.3, -0.25) is 4.79 Å². The molecule has 0 aliphatic heterocycles. The average molecular weight is 259 g/mol. The summed E-state index contributed by atoms with van der Waals surface area (Å²) in [5.41, 5.74) is 0.178. The first-order chi connectivity index (χ1) is 7.47. The van der Waals surface area contributed by atoms with Crippen molar-refractivity contribution >= 4 is 29.0 Å². The van der Waals surface area contributed by atoms with Crippen molar-refractivity contribution in [2.75, 3.05) is 0 Å². The summed E-state index contributed by atoms with van der Waals surface area (Å²) in [6.07, 6.45) is 1.19. The Morgan fingerprint density at radius 2 is 1.75 bits per heavy atom. The van der Waals surface area contributed by atoms with Gasteiger partial charge in [-0.1, -0.05) is 43.1 Å². The Kier molecular flexibility index (Phi) is 4.40. The Morgan fingerprint density at radius 3 is 2.12 bits per heavy atom. The van der Waals surface area contributed by atoms with Crippen molar-refractivity contribution in [3.05, 3.63) is 33.8 Å². The molecule has 1 unspecified atom stereocenters. The molecule has 88 valence electrons. The van der Waals surface area contributed by atoms with Crippen LogP contribution in [0, 0.1) is 0 Å². The van der Waals surface area contributed by atoms with Crippen LogP contribution in [0.5, 0.6) is 0 Å². The van der Waals surface area contributed by atoms with E-state index < -0.39 is 5.41 Å². The maximum Gasteiger partial charge on any atom is 0.142 e. The van der Waals surface area contributed by atoms with Crippen LogP contribution < -0.4 is 0 Å². The molecule has 0 radical (unpaired) electrons. The van der Waals surface area contributed by atoms with Gasteiger partial charge in [-0.15, -0.1) is 0 Å². The molecule has 0 saturated heterocycles. The third-order valence-electron chi connectivity index (χ3n) is 3.16. The van der Waals surface area contributed by atoms with Crippen LogP contribution in [0.25, 0.3) is 0 Å². The molecule has 1 rings (SSSR count). The monoisotopic (exact) mass is 258 g/mol. The molecule has 3 heteroatoms. The number of hydrogen-bond donors (Lipinski definition) is 0. The number of benzene rings is 1. The molecular weight excluding hydrogens is 243 g/mol. The Bertz CT molecular complexity index is 381. The zero-order valence-corrected chi connectivity index (χ0v) is 11.3. The molecule has 0 spiro atoms. The number of rotatable bonds is 4. The number of carbonyl (C=O) groups is 1. The molecule has 1 aromatic carbocycles. The van der Waals surface area contributed by atoms with Gasteiger partial charge in [-0.2, -0.15) is 0 Å². The molecule has 0 amide bonds. The highest BCUT2D eigenvalue weighted by atomic mass is 35.5. The van der Waals surface area contributed by atoms with Crippen molar-refractivity contribution in [1.29, 1.82) is 0 Å². The van der Waals surface area contributed by atoms with E-state index in [0.717, 1.165) is 5.56 Å². The molecule has 0 saturated carbocycles. The van der Waals surface area contributed by atoms with Gasteiger partial charge in [0.2, 0.25) is 0 Å². The Balaban J connectivity index is 3.39. The fourth-order valence-corrected chi connectivity index (χ4v) is 2.74. The predicted molar refractivity (Wildman–Crippen MR) is 69.4 cm³/mol. The quantitative estimate of drug-likeness (QED) is 0.769. The van der Waals surface area contributed by atoms with Crippen molar-refractivity contribution in [3.63, 3.8) is 0 Å². The van der Waals surface area contributed by atoms with Gasteiger partial charge in [-0.25, -0.2) is 0 Å². The summed E-state index contributed by atoms with van der Waals surface area (Å²) in [5, 5.41) is 1.14. The van der Waals surface area contributed by atoms with Gasteiger partial charge in [0.1, 0.15) is 5.78 Å². The van der Waals surface area contributed by atoms with Crippen LogP contribution in [0.15, 0.2) is 18.2 Å². The van der Waals surface area contributed by atoms with E-state index in [1.165, 1.54) is 0 Å². The van der Waals surface area contributed by atoms with Crippen LogP contribution in [-0.2, 0) is 10.2 Å². The van der Waals surface area contributed by atoms with E-state index >= 15 is 0 Å². The molecule has 0 fully saturated rings. The van der Waals surface area contributed by atoms with E-state index in [-0.39, 0.29) is 5.78 Å². The van der Waals surface area contributed by atoms with Crippen molar-refractivity contribution in [3.8, 4) is 0 Å². The van der Waals surface area contributed by atoms with Gasteiger partial charge in [0.15, 0.2) is 0 Å². The lowest BCUT2D eigenvalue weighted by Crippen LogP contribution is -2.32. The van der Waals surface area contributed by atoms with E-state index in [1.807, 2.05) is 20.8 Å². The number of halogens is 2. The lowest BCUT2D eigenvalue weighted by Gasteiger charge is -2.28. The highest BCUT2D eigenvalue weighted by molar-refractivity contribution is 6.36. The molecule has 0 heterocycles. The molecule has 16 heavy (non-hydrogen) atoms. The number of ketones is 1. The number of Topliss-reactive ketones (excluding diaryl/α,β-unsaturated/α-hetero) is 1. The predicted octanol–water partition coefficient (Wildman–Crippen LogP) is 4.64. The minimum absolute atomic E-state index is 0.171. The van der Waals surface area contributed by atoms with E-state index in [1.54, 1.807) is 18.2 Å². The zero-order valence-electron chi connectivity index (χ0n) is 9.81. The summed E-state index contributed by atoms with van der Waals surface area (Å²) in [6.45, 7) is 5.75. The smallest absolute Gasteiger partial charge is 0.142 e. The van der Waals surface area contributed by atoms with Gasteiger partial charge in [0.05, 0.1) is 5.41 Å². The third-order valence-corrected chi connectivity index (χ3v) is 3.79. The maximum atomic E-state index is 12.1. The molecule has 0 bridgehead atoms. The molecule has 0 aromatic heterocycles. The van der Waals surface area contributed by atoms with Crippen LogP contribution in [0.3, 0.4) is 0 Å². The van der Waals surface area contributed by atoms with Crippen LogP contribution >= 0.6 is 23.2 Å². The minimum Gasteiger partial charge on any atom is -0.299 e. The molecule has 0 N–H and O–H groups in total. The average Bonchev–Trinajstić information content (AvgIpc) is 2.27. The minimum atomic E-state index is -0.579. The molecular formula is C13H16Cl2O. The third kappa shape index (κ3) is 2.26. The molecule has 1 aromatic rings. The molecule has 1 atom stereocenters. The summed E-state index contributed by atoms with van der Waals surface area (Å²) in [4.78, 5) is 12.1. The topological polar surface area (TPSA) is 17.1 Å². The lowest BCUT2D eigenvalue weighted by atomic mass is 9.75. The zero-order chi connectivity index (χ0) is 12.3. The van der Waals surface area contributed by atoms with Gasteiger partial charge < -0.3 is 0 Å². The second-order valence-corrected chi connectivity index (χ2v) is 4.87. The largest absolute Gasteiger partial charge is 0.299 e. The van der Waals surface area contributed by atoms with Crippen molar-refractivity contribution in [2.24, 2.45) is 0 Å². The second-order valence-electron chi connectivity index (χ2n) is 4.06. The first-order valence-electron chi connectivity index (χ1n) is 5.45. The fourth-order valence-electron chi connectivity index (χ4n) is 1.93. The fraction of sp³-hybridized carbons (Fsp3) is 0.462. The second kappa shape index (κ2) is 5.20. The number of hydrogen-bond acceptors (Lipinski definition) is 1. The highest BCUT2D eigenvalue weighted by Crippen LogP contribution is 2.39.